The van der Waals surface area contributed by atoms with Crippen LogP contribution in [0.2, 0.25) is 0 Å². The summed E-state index contributed by atoms with van der Waals surface area (Å²) in [7, 11) is 0. The molecule has 0 spiro atoms. The first-order valence-electron chi connectivity index (χ1n) is 9.86. The Labute approximate surface area is 170 Å². The molecule has 4 heterocycles. The Kier molecular flexibility index (Phi) is 5.57. The van der Waals surface area contributed by atoms with Crippen LogP contribution in [0.5, 0.6) is 0 Å². The van der Waals surface area contributed by atoms with Gasteiger partial charge in [0.05, 0.1) is 25.0 Å². The molecule has 1 aliphatic rings. The minimum absolute atomic E-state index is 0.338. The molecule has 0 aliphatic carbocycles. The van der Waals surface area contributed by atoms with Gasteiger partial charge >= 0.3 is 5.97 Å². The van der Waals surface area contributed by atoms with Crippen molar-refractivity contribution in [1.29, 1.82) is 0 Å². The SMILES string of the molecule is C=CCn1nc(C(=O)OCC)c2c1CCN(Cc1cccn1-c1cccnc1)C2. The highest BCUT2D eigenvalue weighted by molar-refractivity contribution is 5.89. The van der Waals surface area contributed by atoms with E-state index < -0.39 is 0 Å². The molecule has 0 saturated heterocycles. The van der Waals surface area contributed by atoms with Crippen LogP contribution in [0, 0.1) is 0 Å². The number of aromatic nitrogens is 4. The number of hydrogen-bond donors (Lipinski definition) is 0. The van der Waals surface area contributed by atoms with E-state index in [1.807, 2.05) is 42.2 Å². The predicted molar refractivity (Wildman–Crippen MR) is 110 cm³/mol. The lowest BCUT2D eigenvalue weighted by molar-refractivity contribution is 0.0515. The lowest BCUT2D eigenvalue weighted by Gasteiger charge is -2.28. The Balaban J connectivity index is 1.59. The van der Waals surface area contributed by atoms with E-state index in [0.717, 1.165) is 36.5 Å². The van der Waals surface area contributed by atoms with Gasteiger partial charge in [-0.25, -0.2) is 4.79 Å². The number of carbonyl (C=O) groups excluding carboxylic acids is 1. The number of nitrogens with zero attached hydrogens (tertiary/aromatic N) is 5. The number of hydrogen-bond acceptors (Lipinski definition) is 5. The standard InChI is InChI=1S/C22H25N5O2/c1-3-11-27-20-9-13-25(16-19(20)21(24-27)22(28)29-4-2)15-18-8-6-12-26(18)17-7-5-10-23-14-17/h3,5-8,10,12,14H,1,4,9,11,13,15-16H2,2H3. The molecule has 0 bridgehead atoms. The third-order valence-electron chi connectivity index (χ3n) is 5.13. The molecular formula is C22H25N5O2. The van der Waals surface area contributed by atoms with Crippen LogP contribution in [0.4, 0.5) is 0 Å². The second-order valence-corrected chi connectivity index (χ2v) is 7.01. The van der Waals surface area contributed by atoms with Gasteiger partial charge in [0, 0.05) is 55.4 Å². The molecule has 0 radical (unpaired) electrons. The number of carbonyl (C=O) groups is 1. The number of ether oxygens (including phenoxy) is 1. The molecule has 7 heteroatoms. The van der Waals surface area contributed by atoms with E-state index in [2.05, 4.69) is 32.2 Å². The van der Waals surface area contributed by atoms with Crippen molar-refractivity contribution in [3.63, 3.8) is 0 Å². The zero-order valence-corrected chi connectivity index (χ0v) is 16.6. The van der Waals surface area contributed by atoms with Crippen LogP contribution in [0.1, 0.15) is 34.4 Å². The third kappa shape index (κ3) is 3.86. The Morgan fingerprint density at radius 1 is 1.34 bits per heavy atom. The van der Waals surface area contributed by atoms with Crippen molar-refractivity contribution in [2.45, 2.75) is 33.0 Å². The average molecular weight is 391 g/mol. The summed E-state index contributed by atoms with van der Waals surface area (Å²) in [6.45, 7) is 8.88. The van der Waals surface area contributed by atoms with Gasteiger partial charge in [0.1, 0.15) is 0 Å². The normalized spacial score (nSPS) is 13.8. The largest absolute Gasteiger partial charge is 0.461 e. The minimum atomic E-state index is -0.354. The summed E-state index contributed by atoms with van der Waals surface area (Å²) >= 11 is 0. The molecule has 0 saturated carbocycles. The maximum absolute atomic E-state index is 12.4. The highest BCUT2D eigenvalue weighted by atomic mass is 16.5. The van der Waals surface area contributed by atoms with E-state index >= 15 is 0 Å². The van der Waals surface area contributed by atoms with Gasteiger partial charge in [0.25, 0.3) is 0 Å². The van der Waals surface area contributed by atoms with Crippen LogP contribution >= 0.6 is 0 Å². The summed E-state index contributed by atoms with van der Waals surface area (Å²) in [6.07, 6.45) is 8.32. The summed E-state index contributed by atoms with van der Waals surface area (Å²) in [5.74, 6) is -0.354. The van der Waals surface area contributed by atoms with Crippen LogP contribution < -0.4 is 0 Å². The molecule has 7 nitrogen and oxygen atoms in total. The van der Waals surface area contributed by atoms with E-state index in [1.165, 1.54) is 5.69 Å². The molecule has 3 aromatic rings. The van der Waals surface area contributed by atoms with Crippen molar-refractivity contribution in [3.05, 3.63) is 78.2 Å². The lowest BCUT2D eigenvalue weighted by atomic mass is 10.0. The molecule has 1 aliphatic heterocycles. The van der Waals surface area contributed by atoms with Gasteiger partial charge in [0.2, 0.25) is 0 Å². The maximum Gasteiger partial charge on any atom is 0.359 e. The monoisotopic (exact) mass is 391 g/mol. The molecule has 0 fully saturated rings. The smallest absolute Gasteiger partial charge is 0.359 e. The molecule has 0 N–H and O–H groups in total. The first-order chi connectivity index (χ1) is 14.2. The maximum atomic E-state index is 12.4. The van der Waals surface area contributed by atoms with Crippen molar-refractivity contribution in [3.8, 4) is 5.69 Å². The Morgan fingerprint density at radius 3 is 3.00 bits per heavy atom. The molecule has 150 valence electrons. The van der Waals surface area contributed by atoms with Gasteiger partial charge in [-0.15, -0.1) is 6.58 Å². The topological polar surface area (TPSA) is 65.2 Å². The van der Waals surface area contributed by atoms with Crippen LogP contribution in [0.3, 0.4) is 0 Å². The van der Waals surface area contributed by atoms with Crippen LogP contribution in [-0.4, -0.2) is 43.4 Å². The molecule has 4 rings (SSSR count). The Hall–Kier alpha value is -3.19. The second kappa shape index (κ2) is 8.45. The molecule has 0 aromatic carbocycles. The van der Waals surface area contributed by atoms with Gasteiger partial charge in [-0.1, -0.05) is 6.08 Å². The highest BCUT2D eigenvalue weighted by Gasteiger charge is 2.29. The van der Waals surface area contributed by atoms with Crippen LogP contribution in [0.25, 0.3) is 5.69 Å². The molecular weight excluding hydrogens is 366 g/mol. The van der Waals surface area contributed by atoms with E-state index in [1.54, 1.807) is 12.3 Å². The fraction of sp³-hybridized carbons (Fsp3) is 0.318. The van der Waals surface area contributed by atoms with Gasteiger partial charge in [-0.2, -0.15) is 5.10 Å². The van der Waals surface area contributed by atoms with E-state index in [4.69, 9.17) is 4.74 Å². The summed E-state index contributed by atoms with van der Waals surface area (Å²) in [4.78, 5) is 19.0. The molecule has 29 heavy (non-hydrogen) atoms. The number of fused-ring (bicyclic) bond motifs is 1. The lowest BCUT2D eigenvalue weighted by Crippen LogP contribution is -2.32. The predicted octanol–water partition coefficient (Wildman–Crippen LogP) is 2.99. The fourth-order valence-corrected chi connectivity index (χ4v) is 3.84. The van der Waals surface area contributed by atoms with E-state index in [0.29, 0.717) is 25.4 Å². The van der Waals surface area contributed by atoms with Gasteiger partial charge in [-0.3, -0.25) is 14.6 Å². The van der Waals surface area contributed by atoms with Crippen LogP contribution in [0.15, 0.2) is 55.5 Å². The highest BCUT2D eigenvalue weighted by Crippen LogP contribution is 2.25. The molecule has 0 unspecified atom stereocenters. The van der Waals surface area contributed by atoms with Gasteiger partial charge < -0.3 is 9.30 Å². The number of rotatable bonds is 7. The number of allylic oxidation sites excluding steroid dienone is 1. The summed E-state index contributed by atoms with van der Waals surface area (Å²) < 4.78 is 9.26. The minimum Gasteiger partial charge on any atom is -0.461 e. The van der Waals surface area contributed by atoms with Crippen LogP contribution in [-0.2, 0) is 30.8 Å². The Bertz CT molecular complexity index is 1010. The number of esters is 1. The molecule has 3 aromatic heterocycles. The van der Waals surface area contributed by atoms with Crippen molar-refractivity contribution < 1.29 is 9.53 Å². The fourth-order valence-electron chi connectivity index (χ4n) is 3.84. The first kappa shape index (κ1) is 19.1. The quantitative estimate of drug-likeness (QED) is 0.458. The van der Waals surface area contributed by atoms with Crippen molar-refractivity contribution in [2.24, 2.45) is 0 Å². The average Bonchev–Trinajstić information content (AvgIpc) is 3.34. The summed E-state index contributed by atoms with van der Waals surface area (Å²) in [6, 6.07) is 8.15. The van der Waals surface area contributed by atoms with Gasteiger partial charge in [0.15, 0.2) is 5.69 Å². The molecule has 0 atom stereocenters. The first-order valence-corrected chi connectivity index (χ1v) is 9.86. The zero-order valence-electron chi connectivity index (χ0n) is 16.6. The Morgan fingerprint density at radius 2 is 2.24 bits per heavy atom. The third-order valence-corrected chi connectivity index (χ3v) is 5.13. The van der Waals surface area contributed by atoms with E-state index in [-0.39, 0.29) is 5.97 Å². The summed E-state index contributed by atoms with van der Waals surface area (Å²) in [5, 5.41) is 4.53. The number of pyridine rings is 1. The van der Waals surface area contributed by atoms with Gasteiger partial charge in [-0.05, 0) is 31.2 Å². The zero-order chi connectivity index (χ0) is 20.2. The van der Waals surface area contributed by atoms with Crippen molar-refractivity contribution >= 4 is 5.97 Å². The second-order valence-electron chi connectivity index (χ2n) is 7.01. The molecule has 0 amide bonds. The van der Waals surface area contributed by atoms with E-state index in [9.17, 15) is 4.79 Å². The van der Waals surface area contributed by atoms with Crippen molar-refractivity contribution in [2.75, 3.05) is 13.2 Å². The van der Waals surface area contributed by atoms with Crippen molar-refractivity contribution in [1.82, 2.24) is 24.2 Å². The summed E-state index contributed by atoms with van der Waals surface area (Å²) in [5.41, 5.74) is 4.72.